The summed E-state index contributed by atoms with van der Waals surface area (Å²) in [4.78, 5) is 13.1. The molecule has 1 aromatic carbocycles. The molecule has 0 saturated carbocycles. The second kappa shape index (κ2) is 5.44. The first-order valence-corrected chi connectivity index (χ1v) is 5.57. The lowest BCUT2D eigenvalue weighted by Gasteiger charge is -2.19. The first kappa shape index (κ1) is 12.3. The highest BCUT2D eigenvalue weighted by atomic mass is 16.7. The molecule has 5 heteroatoms. The number of carbonyl (C=O) groups excluding carboxylic acids is 1. The molecule has 0 radical (unpaired) electrons. The maximum absolute atomic E-state index is 11.5. The average molecular weight is 249 g/mol. The Hall–Kier alpha value is -2.17. The fourth-order valence-corrected chi connectivity index (χ4v) is 1.75. The third kappa shape index (κ3) is 2.56. The summed E-state index contributed by atoms with van der Waals surface area (Å²) in [5.74, 6) is 1.43. The van der Waals surface area contributed by atoms with Gasteiger partial charge in [0.2, 0.25) is 6.79 Å². The van der Waals surface area contributed by atoms with Crippen LogP contribution in [0, 0.1) is 0 Å². The van der Waals surface area contributed by atoms with Gasteiger partial charge in [-0.2, -0.15) is 0 Å². The number of carbonyl (C=O) groups is 1. The summed E-state index contributed by atoms with van der Waals surface area (Å²) in [6, 6.07) is 5.59. The molecule has 1 aliphatic rings. The second-order valence-electron chi connectivity index (χ2n) is 3.83. The van der Waals surface area contributed by atoms with Crippen molar-refractivity contribution in [1.82, 2.24) is 4.90 Å². The molecule has 18 heavy (non-hydrogen) atoms. The molecular weight excluding hydrogens is 234 g/mol. The highest BCUT2D eigenvalue weighted by molar-refractivity contribution is 5.67. The van der Waals surface area contributed by atoms with Crippen molar-refractivity contribution < 1.29 is 19.0 Å². The van der Waals surface area contributed by atoms with E-state index < -0.39 is 0 Å². The zero-order valence-electron chi connectivity index (χ0n) is 10.2. The Morgan fingerprint density at radius 2 is 2.28 bits per heavy atom. The van der Waals surface area contributed by atoms with E-state index >= 15 is 0 Å². The first-order valence-electron chi connectivity index (χ1n) is 5.57. The fourth-order valence-electron chi connectivity index (χ4n) is 1.75. The molecule has 2 rings (SSSR count). The Balaban J connectivity index is 2.11. The largest absolute Gasteiger partial charge is 0.454 e. The van der Waals surface area contributed by atoms with E-state index in [0.29, 0.717) is 18.8 Å². The smallest absolute Gasteiger partial charge is 0.410 e. The molecule has 0 aromatic heterocycles. The van der Waals surface area contributed by atoms with Crippen LogP contribution < -0.4 is 9.47 Å². The predicted octanol–water partition coefficient (Wildman–Crippen LogP) is 2.17. The summed E-state index contributed by atoms with van der Waals surface area (Å²) in [6.45, 7) is 4.74. The zero-order valence-corrected chi connectivity index (χ0v) is 10.2. The maximum atomic E-state index is 11.5. The molecular formula is C13H15NO4. The number of amides is 1. The van der Waals surface area contributed by atoms with Crippen LogP contribution in [0.4, 0.5) is 4.79 Å². The minimum atomic E-state index is -0.382. The molecule has 1 aliphatic heterocycles. The van der Waals surface area contributed by atoms with Crippen LogP contribution in [0.1, 0.15) is 5.56 Å². The van der Waals surface area contributed by atoms with Crippen LogP contribution in [0.2, 0.25) is 0 Å². The lowest BCUT2D eigenvalue weighted by atomic mass is 10.2. The maximum Gasteiger partial charge on any atom is 0.410 e. The van der Waals surface area contributed by atoms with Crippen molar-refractivity contribution in [3.8, 4) is 11.5 Å². The predicted molar refractivity (Wildman–Crippen MR) is 65.6 cm³/mol. The molecule has 0 saturated heterocycles. The van der Waals surface area contributed by atoms with Gasteiger partial charge in [-0.25, -0.2) is 4.79 Å². The number of hydrogen-bond acceptors (Lipinski definition) is 4. The van der Waals surface area contributed by atoms with Crippen LogP contribution in [-0.4, -0.2) is 31.4 Å². The topological polar surface area (TPSA) is 48.0 Å². The number of ether oxygens (including phenoxy) is 3. The Bertz CT molecular complexity index is 458. The second-order valence-corrected chi connectivity index (χ2v) is 3.83. The minimum Gasteiger partial charge on any atom is -0.454 e. The van der Waals surface area contributed by atoms with Crippen molar-refractivity contribution in [2.45, 2.75) is 6.54 Å². The van der Waals surface area contributed by atoms with Crippen LogP contribution >= 0.6 is 0 Å². The summed E-state index contributed by atoms with van der Waals surface area (Å²) in [5, 5.41) is 0. The molecule has 0 unspecified atom stereocenters. The quantitative estimate of drug-likeness (QED) is 0.767. The van der Waals surface area contributed by atoms with Gasteiger partial charge in [0.15, 0.2) is 11.5 Å². The van der Waals surface area contributed by atoms with Crippen LogP contribution in [0.25, 0.3) is 0 Å². The van der Waals surface area contributed by atoms with E-state index in [1.165, 1.54) is 7.11 Å². The Morgan fingerprint density at radius 1 is 1.50 bits per heavy atom. The molecule has 0 aliphatic carbocycles. The van der Waals surface area contributed by atoms with Gasteiger partial charge in [-0.3, -0.25) is 0 Å². The molecule has 5 nitrogen and oxygen atoms in total. The monoisotopic (exact) mass is 249 g/mol. The van der Waals surface area contributed by atoms with Gasteiger partial charge < -0.3 is 19.1 Å². The van der Waals surface area contributed by atoms with Gasteiger partial charge in [0, 0.05) is 13.1 Å². The van der Waals surface area contributed by atoms with E-state index in [2.05, 4.69) is 6.58 Å². The van der Waals surface area contributed by atoms with Crippen molar-refractivity contribution in [3.63, 3.8) is 0 Å². The van der Waals surface area contributed by atoms with Gasteiger partial charge in [-0.1, -0.05) is 12.1 Å². The molecule has 96 valence electrons. The van der Waals surface area contributed by atoms with E-state index in [1.807, 2.05) is 18.2 Å². The van der Waals surface area contributed by atoms with Gasteiger partial charge in [0.1, 0.15) is 0 Å². The number of hydrogen-bond donors (Lipinski definition) is 0. The van der Waals surface area contributed by atoms with E-state index in [-0.39, 0.29) is 12.9 Å². The highest BCUT2D eigenvalue weighted by Crippen LogP contribution is 2.32. The van der Waals surface area contributed by atoms with E-state index in [9.17, 15) is 4.79 Å². The summed E-state index contributed by atoms with van der Waals surface area (Å²) in [6.07, 6.45) is 1.27. The van der Waals surface area contributed by atoms with Gasteiger partial charge >= 0.3 is 6.09 Å². The molecule has 0 N–H and O–H groups in total. The number of fused-ring (bicyclic) bond motifs is 1. The standard InChI is InChI=1S/C13H15NO4/c1-3-6-14(13(15)16-2)8-10-4-5-11-12(7-10)18-9-17-11/h3-5,7H,1,6,8-9H2,2H3. The molecule has 0 atom stereocenters. The van der Waals surface area contributed by atoms with Crippen molar-refractivity contribution in [1.29, 1.82) is 0 Å². The Morgan fingerprint density at radius 3 is 3.00 bits per heavy atom. The molecule has 0 bridgehead atoms. The van der Waals surface area contributed by atoms with Gasteiger partial charge in [-0.05, 0) is 17.7 Å². The van der Waals surface area contributed by atoms with E-state index in [4.69, 9.17) is 14.2 Å². The molecule has 1 amide bonds. The number of nitrogens with zero attached hydrogens (tertiary/aromatic N) is 1. The van der Waals surface area contributed by atoms with Gasteiger partial charge in [-0.15, -0.1) is 6.58 Å². The van der Waals surface area contributed by atoms with Crippen molar-refractivity contribution in [3.05, 3.63) is 36.4 Å². The molecule has 0 spiro atoms. The normalized spacial score (nSPS) is 12.1. The average Bonchev–Trinajstić information content (AvgIpc) is 2.84. The first-order chi connectivity index (χ1) is 8.74. The van der Waals surface area contributed by atoms with E-state index in [0.717, 1.165) is 11.3 Å². The third-order valence-corrected chi connectivity index (χ3v) is 2.59. The Kier molecular flexibility index (Phi) is 3.72. The fraction of sp³-hybridized carbons (Fsp3) is 0.308. The van der Waals surface area contributed by atoms with Crippen LogP contribution in [-0.2, 0) is 11.3 Å². The van der Waals surface area contributed by atoms with Crippen molar-refractivity contribution in [2.24, 2.45) is 0 Å². The van der Waals surface area contributed by atoms with Crippen LogP contribution in [0.5, 0.6) is 11.5 Å². The number of methoxy groups -OCH3 is 1. The van der Waals surface area contributed by atoms with Crippen molar-refractivity contribution >= 4 is 6.09 Å². The van der Waals surface area contributed by atoms with Crippen molar-refractivity contribution in [2.75, 3.05) is 20.4 Å². The summed E-state index contributed by atoms with van der Waals surface area (Å²) < 4.78 is 15.2. The lowest BCUT2D eigenvalue weighted by Crippen LogP contribution is -2.30. The van der Waals surface area contributed by atoms with Crippen LogP contribution in [0.15, 0.2) is 30.9 Å². The summed E-state index contributed by atoms with van der Waals surface area (Å²) in [7, 11) is 1.36. The minimum absolute atomic E-state index is 0.242. The molecule has 1 aromatic rings. The van der Waals surface area contributed by atoms with Gasteiger partial charge in [0.25, 0.3) is 0 Å². The molecule has 1 heterocycles. The van der Waals surface area contributed by atoms with Crippen LogP contribution in [0.3, 0.4) is 0 Å². The number of benzene rings is 1. The van der Waals surface area contributed by atoms with Gasteiger partial charge in [0.05, 0.1) is 7.11 Å². The molecule has 0 fully saturated rings. The Labute approximate surface area is 106 Å². The summed E-state index contributed by atoms with van der Waals surface area (Å²) in [5.41, 5.74) is 0.950. The van der Waals surface area contributed by atoms with E-state index in [1.54, 1.807) is 11.0 Å². The third-order valence-electron chi connectivity index (χ3n) is 2.59. The zero-order chi connectivity index (χ0) is 13.0. The summed E-state index contributed by atoms with van der Waals surface area (Å²) >= 11 is 0. The number of rotatable bonds is 4. The highest BCUT2D eigenvalue weighted by Gasteiger charge is 2.16. The SMILES string of the molecule is C=CCN(Cc1ccc2c(c1)OCO2)C(=O)OC. The lowest BCUT2D eigenvalue weighted by molar-refractivity contribution is 0.125.